The summed E-state index contributed by atoms with van der Waals surface area (Å²) in [5, 5.41) is -0.0623. The second-order valence-electron chi connectivity index (χ2n) is 3.91. The van der Waals surface area contributed by atoms with Crippen molar-refractivity contribution in [3.05, 3.63) is 45.3 Å². The zero-order valence-electron chi connectivity index (χ0n) is 10.7. The van der Waals surface area contributed by atoms with Crippen molar-refractivity contribution in [2.75, 3.05) is 12.8 Å². The third-order valence-corrected chi connectivity index (χ3v) is 3.37. The SMILES string of the molecule is COC(=O)c1cc(N)cnc1Oc1cc(F)c(Cl)cc1Br. The van der Waals surface area contributed by atoms with Crippen LogP contribution in [0.3, 0.4) is 0 Å². The van der Waals surface area contributed by atoms with Gasteiger partial charge in [-0.1, -0.05) is 11.6 Å². The van der Waals surface area contributed by atoms with E-state index in [0.29, 0.717) is 4.47 Å². The smallest absolute Gasteiger partial charge is 0.343 e. The Morgan fingerprint density at radius 2 is 2.14 bits per heavy atom. The molecule has 2 N–H and O–H groups in total. The topological polar surface area (TPSA) is 74.4 Å². The van der Waals surface area contributed by atoms with Gasteiger partial charge < -0.3 is 15.2 Å². The predicted octanol–water partition coefficient (Wildman–Crippen LogP) is 3.80. The van der Waals surface area contributed by atoms with Gasteiger partial charge in [0, 0.05) is 6.07 Å². The molecule has 0 bridgehead atoms. The van der Waals surface area contributed by atoms with Crippen molar-refractivity contribution in [3.63, 3.8) is 0 Å². The molecule has 0 spiro atoms. The Hall–Kier alpha value is -1.86. The quantitative estimate of drug-likeness (QED) is 0.652. The number of esters is 1. The molecule has 21 heavy (non-hydrogen) atoms. The summed E-state index contributed by atoms with van der Waals surface area (Å²) in [6.07, 6.45) is 1.31. The lowest BCUT2D eigenvalue weighted by Gasteiger charge is -2.11. The molecule has 2 aromatic rings. The normalized spacial score (nSPS) is 10.3. The fourth-order valence-corrected chi connectivity index (χ4v) is 2.21. The molecule has 0 aliphatic rings. The van der Waals surface area contributed by atoms with Crippen LogP contribution in [0.5, 0.6) is 11.6 Å². The van der Waals surface area contributed by atoms with E-state index < -0.39 is 11.8 Å². The lowest BCUT2D eigenvalue weighted by atomic mass is 10.2. The number of methoxy groups -OCH3 is 1. The molecule has 0 amide bonds. The molecule has 110 valence electrons. The summed E-state index contributed by atoms with van der Waals surface area (Å²) in [5.74, 6) is -1.28. The molecule has 5 nitrogen and oxygen atoms in total. The first-order valence-electron chi connectivity index (χ1n) is 5.58. The van der Waals surface area contributed by atoms with Gasteiger partial charge in [0.05, 0.1) is 28.5 Å². The van der Waals surface area contributed by atoms with Gasteiger partial charge in [0.2, 0.25) is 5.88 Å². The lowest BCUT2D eigenvalue weighted by molar-refractivity contribution is 0.0597. The molecule has 0 unspecified atom stereocenters. The number of nitrogen functional groups attached to an aromatic ring is 1. The predicted molar refractivity (Wildman–Crippen MR) is 79.2 cm³/mol. The van der Waals surface area contributed by atoms with Crippen LogP contribution in [0.25, 0.3) is 0 Å². The molecule has 0 aliphatic carbocycles. The van der Waals surface area contributed by atoms with Crippen molar-refractivity contribution >= 4 is 39.2 Å². The monoisotopic (exact) mass is 374 g/mol. The third-order valence-electron chi connectivity index (χ3n) is 2.46. The second-order valence-corrected chi connectivity index (χ2v) is 5.17. The minimum absolute atomic E-state index is 0.0276. The third kappa shape index (κ3) is 3.43. The van der Waals surface area contributed by atoms with Gasteiger partial charge >= 0.3 is 5.97 Å². The van der Waals surface area contributed by atoms with E-state index in [-0.39, 0.29) is 27.9 Å². The zero-order chi connectivity index (χ0) is 15.6. The molecule has 8 heteroatoms. The van der Waals surface area contributed by atoms with Gasteiger partial charge in [0.15, 0.2) is 0 Å². The maximum Gasteiger partial charge on any atom is 0.343 e. The van der Waals surface area contributed by atoms with Crippen molar-refractivity contribution in [2.24, 2.45) is 0 Å². The van der Waals surface area contributed by atoms with E-state index in [0.717, 1.165) is 6.07 Å². The number of hydrogen-bond acceptors (Lipinski definition) is 5. The summed E-state index contributed by atoms with van der Waals surface area (Å²) < 4.78 is 24.0. The molecule has 0 atom stereocenters. The van der Waals surface area contributed by atoms with Crippen molar-refractivity contribution in [2.45, 2.75) is 0 Å². The van der Waals surface area contributed by atoms with E-state index in [2.05, 4.69) is 25.7 Å². The van der Waals surface area contributed by atoms with Crippen LogP contribution >= 0.6 is 27.5 Å². The van der Waals surface area contributed by atoms with Crippen LogP contribution in [0.1, 0.15) is 10.4 Å². The number of nitrogens with two attached hydrogens (primary N) is 1. The molecule has 0 saturated carbocycles. The second kappa shape index (κ2) is 6.28. The van der Waals surface area contributed by atoms with Crippen molar-refractivity contribution in [3.8, 4) is 11.6 Å². The largest absolute Gasteiger partial charge is 0.465 e. The van der Waals surface area contributed by atoms with Gasteiger partial charge in [0.25, 0.3) is 0 Å². The fourth-order valence-electron chi connectivity index (χ4n) is 1.49. The van der Waals surface area contributed by atoms with Gasteiger partial charge in [-0.3, -0.25) is 0 Å². The lowest BCUT2D eigenvalue weighted by Crippen LogP contribution is -2.06. The molecule has 0 saturated heterocycles. The van der Waals surface area contributed by atoms with Crippen LogP contribution in [0.4, 0.5) is 10.1 Å². The number of halogens is 3. The van der Waals surface area contributed by atoms with Gasteiger partial charge in [0.1, 0.15) is 17.1 Å². The van der Waals surface area contributed by atoms with E-state index in [1.165, 1.54) is 25.4 Å². The Kier molecular flexibility index (Phi) is 4.64. The van der Waals surface area contributed by atoms with Crippen molar-refractivity contribution in [1.29, 1.82) is 0 Å². The summed E-state index contributed by atoms with van der Waals surface area (Å²) in [6, 6.07) is 3.77. The number of nitrogens with zero attached hydrogens (tertiary/aromatic N) is 1. The summed E-state index contributed by atoms with van der Waals surface area (Å²) in [6.45, 7) is 0. The molecule has 0 radical (unpaired) electrons. The Morgan fingerprint density at radius 3 is 2.81 bits per heavy atom. The van der Waals surface area contributed by atoms with E-state index in [4.69, 9.17) is 22.1 Å². The summed E-state index contributed by atoms with van der Waals surface area (Å²) in [5.41, 5.74) is 5.87. The first-order valence-corrected chi connectivity index (χ1v) is 6.75. The highest BCUT2D eigenvalue weighted by molar-refractivity contribution is 9.10. The standard InChI is InChI=1S/C13H9BrClFN2O3/c1-20-13(19)7-2-6(17)5-18-12(7)21-11-4-10(16)9(15)3-8(11)14/h2-5H,17H2,1H3. The molecule has 1 heterocycles. The van der Waals surface area contributed by atoms with Gasteiger partial charge in [-0.15, -0.1) is 0 Å². The van der Waals surface area contributed by atoms with Crippen LogP contribution in [0.2, 0.25) is 5.02 Å². The number of benzene rings is 1. The minimum atomic E-state index is -0.671. The molecular formula is C13H9BrClFN2O3. The number of aromatic nitrogens is 1. The highest BCUT2D eigenvalue weighted by Gasteiger charge is 2.18. The van der Waals surface area contributed by atoms with Crippen molar-refractivity contribution < 1.29 is 18.7 Å². The van der Waals surface area contributed by atoms with E-state index in [1.807, 2.05) is 0 Å². The highest BCUT2D eigenvalue weighted by Crippen LogP contribution is 2.34. The van der Waals surface area contributed by atoms with Crippen LogP contribution in [-0.4, -0.2) is 18.1 Å². The van der Waals surface area contributed by atoms with Gasteiger partial charge in [-0.2, -0.15) is 0 Å². The average molecular weight is 376 g/mol. The summed E-state index contributed by atoms with van der Waals surface area (Å²) >= 11 is 8.83. The average Bonchev–Trinajstić information content (AvgIpc) is 2.45. The zero-order valence-corrected chi connectivity index (χ0v) is 13.0. The number of rotatable bonds is 3. The van der Waals surface area contributed by atoms with Crippen molar-refractivity contribution in [1.82, 2.24) is 4.98 Å². The highest BCUT2D eigenvalue weighted by atomic mass is 79.9. The number of hydrogen-bond donors (Lipinski definition) is 1. The Balaban J connectivity index is 2.44. The maximum absolute atomic E-state index is 13.5. The van der Waals surface area contributed by atoms with Crippen LogP contribution < -0.4 is 10.5 Å². The minimum Gasteiger partial charge on any atom is -0.465 e. The molecule has 1 aromatic carbocycles. The Labute approximate surface area is 133 Å². The number of carbonyl (C=O) groups excluding carboxylic acids is 1. The first kappa shape index (κ1) is 15.5. The first-order chi connectivity index (χ1) is 9.92. The fraction of sp³-hybridized carbons (Fsp3) is 0.0769. The van der Waals surface area contributed by atoms with Crippen LogP contribution in [-0.2, 0) is 4.74 Å². The number of ether oxygens (including phenoxy) is 2. The summed E-state index contributed by atoms with van der Waals surface area (Å²) in [4.78, 5) is 15.6. The van der Waals surface area contributed by atoms with Gasteiger partial charge in [-0.25, -0.2) is 14.2 Å². The molecule has 0 fully saturated rings. The molecule has 1 aromatic heterocycles. The van der Waals surface area contributed by atoms with E-state index in [1.54, 1.807) is 0 Å². The molecule has 0 aliphatic heterocycles. The van der Waals surface area contributed by atoms with E-state index in [9.17, 15) is 9.18 Å². The Bertz CT molecular complexity index is 712. The Morgan fingerprint density at radius 1 is 1.43 bits per heavy atom. The molecule has 2 rings (SSSR count). The van der Waals surface area contributed by atoms with Crippen LogP contribution in [0.15, 0.2) is 28.9 Å². The van der Waals surface area contributed by atoms with E-state index >= 15 is 0 Å². The number of anilines is 1. The van der Waals surface area contributed by atoms with Crippen LogP contribution in [0, 0.1) is 5.82 Å². The summed E-state index contributed by atoms with van der Waals surface area (Å²) in [7, 11) is 1.22. The number of carbonyl (C=O) groups is 1. The number of pyridine rings is 1. The maximum atomic E-state index is 13.5. The van der Waals surface area contributed by atoms with Gasteiger partial charge in [-0.05, 0) is 28.1 Å². The molecular weight excluding hydrogens is 367 g/mol.